The van der Waals surface area contributed by atoms with E-state index in [2.05, 4.69) is 13.5 Å². The lowest BCUT2D eigenvalue weighted by molar-refractivity contribution is -0.134. The van der Waals surface area contributed by atoms with Gasteiger partial charge in [0.15, 0.2) is 0 Å². The standard InChI is InChI=1S/C11H16O3/c1-3-4-5-6-10(12)9-7-8(2)14-11(9)13/h7,10,12H,2-6H2,1H3/t10-/m1/s1. The highest BCUT2D eigenvalue weighted by Crippen LogP contribution is 2.21. The molecule has 3 heteroatoms. The van der Waals surface area contributed by atoms with Crippen molar-refractivity contribution in [1.29, 1.82) is 0 Å². The zero-order chi connectivity index (χ0) is 10.6. The molecule has 3 nitrogen and oxygen atoms in total. The van der Waals surface area contributed by atoms with Crippen molar-refractivity contribution < 1.29 is 14.6 Å². The first-order valence-corrected chi connectivity index (χ1v) is 4.96. The number of allylic oxidation sites excluding steroid dienone is 1. The van der Waals surface area contributed by atoms with Gasteiger partial charge in [-0.25, -0.2) is 4.79 Å². The summed E-state index contributed by atoms with van der Waals surface area (Å²) in [5.41, 5.74) is 0.339. The third kappa shape index (κ3) is 2.70. The van der Waals surface area contributed by atoms with E-state index in [0.29, 0.717) is 17.8 Å². The van der Waals surface area contributed by atoms with Crippen LogP contribution in [-0.4, -0.2) is 17.2 Å². The second-order valence-corrected chi connectivity index (χ2v) is 3.47. The molecule has 78 valence electrons. The highest BCUT2D eigenvalue weighted by molar-refractivity contribution is 5.93. The van der Waals surface area contributed by atoms with Crippen molar-refractivity contribution in [3.8, 4) is 0 Å². The lowest BCUT2D eigenvalue weighted by Crippen LogP contribution is -2.15. The maximum absolute atomic E-state index is 11.1. The van der Waals surface area contributed by atoms with E-state index in [1.165, 1.54) is 6.08 Å². The van der Waals surface area contributed by atoms with Crippen LogP contribution in [0, 0.1) is 0 Å². The van der Waals surface area contributed by atoms with Gasteiger partial charge in [-0.1, -0.05) is 32.8 Å². The minimum atomic E-state index is -0.701. The van der Waals surface area contributed by atoms with Crippen molar-refractivity contribution in [2.75, 3.05) is 0 Å². The van der Waals surface area contributed by atoms with E-state index >= 15 is 0 Å². The number of esters is 1. The molecular formula is C11H16O3. The molecule has 0 saturated carbocycles. The summed E-state index contributed by atoms with van der Waals surface area (Å²) in [4.78, 5) is 11.1. The van der Waals surface area contributed by atoms with Crippen molar-refractivity contribution in [1.82, 2.24) is 0 Å². The van der Waals surface area contributed by atoms with Gasteiger partial charge in [-0.05, 0) is 12.5 Å². The topological polar surface area (TPSA) is 46.5 Å². The fourth-order valence-corrected chi connectivity index (χ4v) is 1.42. The van der Waals surface area contributed by atoms with Gasteiger partial charge >= 0.3 is 5.97 Å². The average Bonchev–Trinajstić information content (AvgIpc) is 2.45. The smallest absolute Gasteiger partial charge is 0.342 e. The van der Waals surface area contributed by atoms with Gasteiger partial charge in [0.05, 0.1) is 11.7 Å². The number of cyclic esters (lactones) is 1. The number of ether oxygens (including phenoxy) is 1. The fraction of sp³-hybridized carbons (Fsp3) is 0.545. The summed E-state index contributed by atoms with van der Waals surface area (Å²) in [7, 11) is 0. The molecule has 1 aliphatic heterocycles. The number of aliphatic hydroxyl groups excluding tert-OH is 1. The van der Waals surface area contributed by atoms with Crippen LogP contribution in [0.4, 0.5) is 0 Å². The average molecular weight is 196 g/mol. The van der Waals surface area contributed by atoms with Crippen LogP contribution < -0.4 is 0 Å². The Morgan fingerprint density at radius 3 is 2.79 bits per heavy atom. The van der Waals surface area contributed by atoms with Gasteiger partial charge in [-0.2, -0.15) is 0 Å². The lowest BCUT2D eigenvalue weighted by Gasteiger charge is -2.08. The molecule has 0 unspecified atom stereocenters. The molecule has 0 aromatic heterocycles. The SMILES string of the molecule is C=C1C=C([C@H](O)CCCCC)C(=O)O1. The first-order valence-electron chi connectivity index (χ1n) is 4.96. The molecule has 14 heavy (non-hydrogen) atoms. The summed E-state index contributed by atoms with van der Waals surface area (Å²) < 4.78 is 4.72. The Balaban J connectivity index is 2.44. The first-order chi connectivity index (χ1) is 6.65. The number of hydrogen-bond donors (Lipinski definition) is 1. The molecule has 1 atom stereocenters. The molecule has 0 bridgehead atoms. The predicted octanol–water partition coefficient (Wildman–Crippen LogP) is 1.92. The fourth-order valence-electron chi connectivity index (χ4n) is 1.42. The van der Waals surface area contributed by atoms with E-state index in [1.807, 2.05) is 0 Å². The zero-order valence-corrected chi connectivity index (χ0v) is 8.45. The van der Waals surface area contributed by atoms with Crippen molar-refractivity contribution in [2.45, 2.75) is 38.7 Å². The quantitative estimate of drug-likeness (QED) is 0.539. The van der Waals surface area contributed by atoms with Crippen LogP contribution >= 0.6 is 0 Å². The summed E-state index contributed by atoms with van der Waals surface area (Å²) >= 11 is 0. The van der Waals surface area contributed by atoms with Gasteiger partial charge in [0, 0.05) is 0 Å². The van der Waals surface area contributed by atoms with Crippen LogP contribution in [-0.2, 0) is 9.53 Å². The summed E-state index contributed by atoms with van der Waals surface area (Å²) in [6.07, 6.45) is 4.52. The monoisotopic (exact) mass is 196 g/mol. The van der Waals surface area contributed by atoms with Crippen molar-refractivity contribution in [2.24, 2.45) is 0 Å². The minimum absolute atomic E-state index is 0.319. The molecule has 1 aliphatic rings. The Kier molecular flexibility index (Phi) is 3.89. The van der Waals surface area contributed by atoms with Crippen LogP contribution in [0.25, 0.3) is 0 Å². The second kappa shape index (κ2) is 4.96. The van der Waals surface area contributed by atoms with Crippen molar-refractivity contribution >= 4 is 5.97 Å². The summed E-state index contributed by atoms with van der Waals surface area (Å²) in [6, 6.07) is 0. The number of carbonyl (C=O) groups is 1. The van der Waals surface area contributed by atoms with Crippen molar-refractivity contribution in [3.05, 3.63) is 24.0 Å². The van der Waals surface area contributed by atoms with Crippen LogP contribution in [0.3, 0.4) is 0 Å². The maximum atomic E-state index is 11.1. The molecule has 1 N–H and O–H groups in total. The largest absolute Gasteiger partial charge is 0.424 e. The summed E-state index contributed by atoms with van der Waals surface area (Å²) in [5, 5.41) is 9.65. The molecule has 0 amide bonds. The molecule has 0 saturated heterocycles. The number of aliphatic hydroxyl groups is 1. The van der Waals surface area contributed by atoms with E-state index < -0.39 is 12.1 Å². The Labute approximate surface area is 84.1 Å². The van der Waals surface area contributed by atoms with E-state index in [1.54, 1.807) is 0 Å². The number of rotatable bonds is 5. The van der Waals surface area contributed by atoms with E-state index in [0.717, 1.165) is 19.3 Å². The highest BCUT2D eigenvalue weighted by Gasteiger charge is 2.25. The van der Waals surface area contributed by atoms with Gasteiger partial charge in [-0.3, -0.25) is 0 Å². The van der Waals surface area contributed by atoms with E-state index in [9.17, 15) is 9.90 Å². The third-order valence-electron chi connectivity index (χ3n) is 2.22. The Morgan fingerprint density at radius 2 is 2.29 bits per heavy atom. The van der Waals surface area contributed by atoms with E-state index in [-0.39, 0.29) is 0 Å². The Morgan fingerprint density at radius 1 is 1.57 bits per heavy atom. The number of carbonyl (C=O) groups excluding carboxylic acids is 1. The summed E-state index contributed by atoms with van der Waals surface area (Å²) in [6.45, 7) is 5.60. The first kappa shape index (κ1) is 11.0. The van der Waals surface area contributed by atoms with Gasteiger partial charge < -0.3 is 9.84 Å². The van der Waals surface area contributed by atoms with Crippen LogP contribution in [0.5, 0.6) is 0 Å². The van der Waals surface area contributed by atoms with Gasteiger partial charge in [-0.15, -0.1) is 0 Å². The lowest BCUT2D eigenvalue weighted by atomic mass is 10.0. The Hall–Kier alpha value is -1.09. The molecule has 0 radical (unpaired) electrons. The molecule has 1 heterocycles. The molecule has 1 rings (SSSR count). The van der Waals surface area contributed by atoms with Crippen LogP contribution in [0.1, 0.15) is 32.6 Å². The number of unbranched alkanes of at least 4 members (excludes halogenated alkanes) is 2. The molecule has 0 spiro atoms. The second-order valence-electron chi connectivity index (χ2n) is 3.47. The third-order valence-corrected chi connectivity index (χ3v) is 2.22. The zero-order valence-electron chi connectivity index (χ0n) is 8.45. The van der Waals surface area contributed by atoms with Gasteiger partial charge in [0.2, 0.25) is 0 Å². The van der Waals surface area contributed by atoms with Crippen LogP contribution in [0.2, 0.25) is 0 Å². The van der Waals surface area contributed by atoms with Gasteiger partial charge in [0.25, 0.3) is 0 Å². The number of hydrogen-bond acceptors (Lipinski definition) is 3. The molecule has 0 aromatic rings. The molecule has 0 aliphatic carbocycles. The highest BCUT2D eigenvalue weighted by atomic mass is 16.5. The summed E-state index contributed by atoms with van der Waals surface area (Å²) in [5.74, 6) is -0.140. The Bertz CT molecular complexity index is 266. The van der Waals surface area contributed by atoms with Gasteiger partial charge in [0.1, 0.15) is 5.76 Å². The molecule has 0 aromatic carbocycles. The van der Waals surface area contributed by atoms with E-state index in [4.69, 9.17) is 4.74 Å². The van der Waals surface area contributed by atoms with Crippen molar-refractivity contribution in [3.63, 3.8) is 0 Å². The molecular weight excluding hydrogens is 180 g/mol. The van der Waals surface area contributed by atoms with Crippen LogP contribution in [0.15, 0.2) is 24.0 Å². The molecule has 0 fully saturated rings. The normalized spacial score (nSPS) is 18.0. The minimum Gasteiger partial charge on any atom is -0.424 e. The predicted molar refractivity (Wildman–Crippen MR) is 53.5 cm³/mol. The maximum Gasteiger partial charge on any atom is 0.342 e.